The van der Waals surface area contributed by atoms with Gasteiger partial charge in [0.15, 0.2) is 6.79 Å². The number of nitrogens with zero attached hydrogens (tertiary/aromatic N) is 1. The van der Waals surface area contributed by atoms with Gasteiger partial charge in [-0.15, -0.1) is 0 Å². The Morgan fingerprint density at radius 1 is 1.50 bits per heavy atom. The van der Waals surface area contributed by atoms with Gasteiger partial charge in [-0.25, -0.2) is 4.79 Å². The number of hydrogen-bond acceptors (Lipinski definition) is 4. The molecular formula is C10H9NO3. The third-order valence-electron chi connectivity index (χ3n) is 1.58. The summed E-state index contributed by atoms with van der Waals surface area (Å²) in [6, 6.07) is 8.37. The average Bonchev–Trinajstić information content (AvgIpc) is 2.25. The van der Waals surface area contributed by atoms with Crippen LogP contribution in [0.1, 0.15) is 15.9 Å². The summed E-state index contributed by atoms with van der Waals surface area (Å²) in [5, 5.41) is 8.70. The molecule has 0 aliphatic heterocycles. The van der Waals surface area contributed by atoms with Gasteiger partial charge in [0.25, 0.3) is 0 Å². The second-order valence-corrected chi connectivity index (χ2v) is 2.50. The van der Waals surface area contributed by atoms with Crippen molar-refractivity contribution in [1.29, 1.82) is 5.26 Å². The van der Waals surface area contributed by atoms with Crippen molar-refractivity contribution in [2.45, 2.75) is 0 Å². The van der Waals surface area contributed by atoms with Gasteiger partial charge in [0, 0.05) is 7.11 Å². The van der Waals surface area contributed by atoms with Crippen LogP contribution in [0.2, 0.25) is 0 Å². The zero-order chi connectivity index (χ0) is 10.4. The lowest BCUT2D eigenvalue weighted by molar-refractivity contribution is -0.0125. The number of hydrogen-bond donors (Lipinski definition) is 0. The van der Waals surface area contributed by atoms with Crippen molar-refractivity contribution in [2.24, 2.45) is 0 Å². The molecule has 0 fully saturated rings. The van der Waals surface area contributed by atoms with Crippen LogP contribution in [-0.2, 0) is 9.47 Å². The number of esters is 1. The molecule has 0 unspecified atom stereocenters. The van der Waals surface area contributed by atoms with Gasteiger partial charge >= 0.3 is 5.97 Å². The van der Waals surface area contributed by atoms with E-state index in [2.05, 4.69) is 4.74 Å². The van der Waals surface area contributed by atoms with Gasteiger partial charge in [-0.05, 0) is 12.1 Å². The molecule has 0 amide bonds. The van der Waals surface area contributed by atoms with Crippen LogP contribution < -0.4 is 0 Å². The van der Waals surface area contributed by atoms with Crippen LogP contribution in [0.4, 0.5) is 0 Å². The first-order valence-corrected chi connectivity index (χ1v) is 3.94. The van der Waals surface area contributed by atoms with Crippen molar-refractivity contribution in [1.82, 2.24) is 0 Å². The molecule has 0 heterocycles. The van der Waals surface area contributed by atoms with E-state index in [1.165, 1.54) is 13.2 Å². The highest BCUT2D eigenvalue weighted by Gasteiger charge is 2.11. The summed E-state index contributed by atoms with van der Waals surface area (Å²) in [5.41, 5.74) is 0.556. The topological polar surface area (TPSA) is 59.3 Å². The Kier molecular flexibility index (Phi) is 3.65. The summed E-state index contributed by atoms with van der Waals surface area (Å²) in [4.78, 5) is 11.3. The van der Waals surface area contributed by atoms with Crippen molar-refractivity contribution >= 4 is 5.97 Å². The van der Waals surface area contributed by atoms with Gasteiger partial charge in [-0.1, -0.05) is 12.1 Å². The standard InChI is InChI=1S/C10H9NO3/c1-13-7-14-10(12)9-5-3-2-4-8(9)6-11/h2-5H,7H2,1H3. The van der Waals surface area contributed by atoms with E-state index >= 15 is 0 Å². The van der Waals surface area contributed by atoms with Gasteiger partial charge in [-0.2, -0.15) is 5.26 Å². The summed E-state index contributed by atoms with van der Waals surface area (Å²) in [5.74, 6) is -0.552. The molecule has 0 radical (unpaired) electrons. The van der Waals surface area contributed by atoms with E-state index in [9.17, 15) is 4.79 Å². The predicted octanol–water partition coefficient (Wildman–Crippen LogP) is 1.32. The summed E-state index contributed by atoms with van der Waals surface area (Å²) < 4.78 is 9.29. The highest BCUT2D eigenvalue weighted by molar-refractivity contribution is 5.92. The van der Waals surface area contributed by atoms with E-state index in [1.807, 2.05) is 6.07 Å². The predicted molar refractivity (Wildman–Crippen MR) is 48.4 cm³/mol. The quantitative estimate of drug-likeness (QED) is 0.534. The first-order valence-electron chi connectivity index (χ1n) is 3.94. The molecule has 0 N–H and O–H groups in total. The molecule has 0 saturated heterocycles. The molecule has 1 aromatic carbocycles. The van der Waals surface area contributed by atoms with Gasteiger partial charge < -0.3 is 9.47 Å². The normalized spacial score (nSPS) is 9.14. The van der Waals surface area contributed by atoms with Gasteiger partial charge in [0.2, 0.25) is 0 Å². The van der Waals surface area contributed by atoms with E-state index in [4.69, 9.17) is 10.00 Å². The second-order valence-electron chi connectivity index (χ2n) is 2.50. The van der Waals surface area contributed by atoms with Crippen molar-refractivity contribution in [3.05, 3.63) is 35.4 Å². The highest BCUT2D eigenvalue weighted by atomic mass is 16.7. The number of carbonyl (C=O) groups excluding carboxylic acids is 1. The maximum atomic E-state index is 11.3. The Hall–Kier alpha value is -1.86. The second kappa shape index (κ2) is 5.00. The Bertz CT molecular complexity index is 368. The fourth-order valence-electron chi connectivity index (χ4n) is 0.949. The van der Waals surface area contributed by atoms with Gasteiger partial charge in [0.1, 0.15) is 6.07 Å². The summed E-state index contributed by atoms with van der Waals surface area (Å²) >= 11 is 0. The lowest BCUT2D eigenvalue weighted by Crippen LogP contribution is -2.09. The van der Waals surface area contributed by atoms with Gasteiger partial charge in [-0.3, -0.25) is 0 Å². The van der Waals surface area contributed by atoms with E-state index in [-0.39, 0.29) is 12.4 Å². The van der Waals surface area contributed by atoms with Crippen molar-refractivity contribution < 1.29 is 14.3 Å². The number of methoxy groups -OCH3 is 1. The maximum Gasteiger partial charge on any atom is 0.341 e. The monoisotopic (exact) mass is 191 g/mol. The highest BCUT2D eigenvalue weighted by Crippen LogP contribution is 2.08. The fraction of sp³-hybridized carbons (Fsp3) is 0.200. The fourth-order valence-corrected chi connectivity index (χ4v) is 0.949. The minimum absolute atomic E-state index is 0.113. The summed E-state index contributed by atoms with van der Waals surface area (Å²) in [7, 11) is 1.42. The maximum absolute atomic E-state index is 11.3. The largest absolute Gasteiger partial charge is 0.435 e. The van der Waals surface area contributed by atoms with Crippen molar-refractivity contribution in [3.8, 4) is 6.07 Å². The van der Waals surface area contributed by atoms with Crippen LogP contribution in [-0.4, -0.2) is 19.9 Å². The minimum Gasteiger partial charge on any atom is -0.435 e. The molecule has 14 heavy (non-hydrogen) atoms. The van der Waals surface area contributed by atoms with Crippen LogP contribution in [0.15, 0.2) is 24.3 Å². The Balaban J connectivity index is 2.85. The van der Waals surface area contributed by atoms with E-state index in [0.717, 1.165) is 0 Å². The number of ether oxygens (including phenoxy) is 2. The van der Waals surface area contributed by atoms with E-state index < -0.39 is 5.97 Å². The molecule has 72 valence electrons. The smallest absolute Gasteiger partial charge is 0.341 e. The number of benzene rings is 1. The number of carbonyl (C=O) groups is 1. The Labute approximate surface area is 81.7 Å². The molecule has 0 saturated carbocycles. The van der Waals surface area contributed by atoms with E-state index in [1.54, 1.807) is 18.2 Å². The van der Waals surface area contributed by atoms with Crippen LogP contribution in [0, 0.1) is 11.3 Å². The minimum atomic E-state index is -0.552. The third-order valence-corrected chi connectivity index (χ3v) is 1.58. The molecular weight excluding hydrogens is 182 g/mol. The van der Waals surface area contributed by atoms with E-state index in [0.29, 0.717) is 5.56 Å². The average molecular weight is 191 g/mol. The number of nitriles is 1. The molecule has 1 aromatic rings. The van der Waals surface area contributed by atoms with Crippen LogP contribution in [0.5, 0.6) is 0 Å². The van der Waals surface area contributed by atoms with Crippen LogP contribution in [0.25, 0.3) is 0 Å². The third kappa shape index (κ3) is 2.31. The van der Waals surface area contributed by atoms with Crippen molar-refractivity contribution in [3.63, 3.8) is 0 Å². The SMILES string of the molecule is COCOC(=O)c1ccccc1C#N. The molecule has 0 aliphatic carbocycles. The van der Waals surface area contributed by atoms with Crippen LogP contribution in [0.3, 0.4) is 0 Å². The summed E-state index contributed by atoms with van der Waals surface area (Å²) in [6.07, 6.45) is 0. The first-order chi connectivity index (χ1) is 6.79. The zero-order valence-corrected chi connectivity index (χ0v) is 7.69. The lowest BCUT2D eigenvalue weighted by atomic mass is 10.1. The first kappa shape index (κ1) is 10.2. The van der Waals surface area contributed by atoms with Gasteiger partial charge in [0.05, 0.1) is 11.1 Å². The van der Waals surface area contributed by atoms with Crippen LogP contribution >= 0.6 is 0 Å². The molecule has 0 aromatic heterocycles. The van der Waals surface area contributed by atoms with Crippen molar-refractivity contribution in [2.75, 3.05) is 13.9 Å². The molecule has 0 spiro atoms. The molecule has 4 heteroatoms. The number of rotatable bonds is 3. The Morgan fingerprint density at radius 3 is 2.86 bits per heavy atom. The zero-order valence-electron chi connectivity index (χ0n) is 7.69. The molecule has 1 rings (SSSR count). The molecule has 4 nitrogen and oxygen atoms in total. The summed E-state index contributed by atoms with van der Waals surface area (Å²) in [6.45, 7) is -0.113. The molecule has 0 atom stereocenters. The molecule has 0 aliphatic rings. The lowest BCUT2D eigenvalue weighted by Gasteiger charge is -2.03. The molecule has 0 bridgehead atoms. The Morgan fingerprint density at radius 2 is 2.21 bits per heavy atom.